The van der Waals surface area contributed by atoms with Crippen molar-refractivity contribution in [1.29, 1.82) is 0 Å². The molecule has 9 nitrogen and oxygen atoms in total. The van der Waals surface area contributed by atoms with Crippen LogP contribution in [0.15, 0.2) is 12.3 Å². The van der Waals surface area contributed by atoms with Crippen LogP contribution in [0.2, 0.25) is 5.15 Å². The Morgan fingerprint density at radius 2 is 2.21 bits per heavy atom. The molecule has 0 unspecified atom stereocenters. The Kier molecular flexibility index (Phi) is 4.91. The third-order valence-corrected chi connectivity index (χ3v) is 3.98. The maximum absolute atomic E-state index is 12.1. The van der Waals surface area contributed by atoms with Crippen LogP contribution in [0, 0.1) is 0 Å². The van der Waals surface area contributed by atoms with Crippen LogP contribution in [0.3, 0.4) is 0 Å². The minimum atomic E-state index is -0.168. The maximum atomic E-state index is 12.1. The molecule has 0 saturated heterocycles. The third kappa shape index (κ3) is 3.80. The van der Waals surface area contributed by atoms with E-state index in [9.17, 15) is 4.79 Å². The number of aryl methyl sites for hydroxylation is 1. The van der Waals surface area contributed by atoms with Gasteiger partial charge in [0.25, 0.3) is 5.91 Å². The van der Waals surface area contributed by atoms with Crippen molar-refractivity contribution < 1.29 is 9.53 Å². The summed E-state index contributed by atoms with van der Waals surface area (Å²) in [5, 5.41) is 14.1. The first-order valence-corrected chi connectivity index (χ1v) is 7.87. The molecule has 0 atom stereocenters. The lowest BCUT2D eigenvalue weighted by molar-refractivity contribution is 0.0903. The lowest BCUT2D eigenvalue weighted by atomic mass is 9.86. The summed E-state index contributed by atoms with van der Waals surface area (Å²) in [5.41, 5.74) is 0.443. The number of carbonyl (C=O) groups excluding carboxylic acids is 1. The first-order valence-electron chi connectivity index (χ1n) is 7.49. The largest absolute Gasteiger partial charge is 0.377 e. The highest BCUT2D eigenvalue weighted by Crippen LogP contribution is 2.24. The van der Waals surface area contributed by atoms with Gasteiger partial charge in [0.15, 0.2) is 5.82 Å². The molecule has 2 aromatic heterocycles. The number of rotatable bonds is 6. The van der Waals surface area contributed by atoms with Gasteiger partial charge in [0.05, 0.1) is 6.20 Å². The SMILES string of the molecule is COCc1nc(Cl)cc(NC2CC(NC(=O)c3cnnn3C)C2)n1. The summed E-state index contributed by atoms with van der Waals surface area (Å²) in [6.45, 7) is 0.303. The van der Waals surface area contributed by atoms with E-state index in [2.05, 4.69) is 30.9 Å². The van der Waals surface area contributed by atoms with E-state index in [1.807, 2.05) is 0 Å². The van der Waals surface area contributed by atoms with Gasteiger partial charge in [0.2, 0.25) is 0 Å². The van der Waals surface area contributed by atoms with Crippen molar-refractivity contribution in [3.63, 3.8) is 0 Å². The summed E-state index contributed by atoms with van der Waals surface area (Å²) in [6.07, 6.45) is 3.06. The summed E-state index contributed by atoms with van der Waals surface area (Å²) >= 11 is 5.98. The van der Waals surface area contributed by atoms with Gasteiger partial charge in [-0.15, -0.1) is 5.10 Å². The molecule has 1 aliphatic rings. The van der Waals surface area contributed by atoms with Crippen molar-refractivity contribution in [2.75, 3.05) is 12.4 Å². The topological polar surface area (TPSA) is 107 Å². The molecule has 2 N–H and O–H groups in total. The zero-order valence-electron chi connectivity index (χ0n) is 13.4. The van der Waals surface area contributed by atoms with Crippen LogP contribution in [0.5, 0.6) is 0 Å². The van der Waals surface area contributed by atoms with E-state index < -0.39 is 0 Å². The minimum absolute atomic E-state index is 0.112. The monoisotopic (exact) mass is 351 g/mol. The Labute approximate surface area is 143 Å². The number of aromatic nitrogens is 5. The Morgan fingerprint density at radius 1 is 1.42 bits per heavy atom. The van der Waals surface area contributed by atoms with Gasteiger partial charge in [-0.1, -0.05) is 16.8 Å². The molecule has 1 amide bonds. The van der Waals surface area contributed by atoms with Crippen molar-refractivity contribution >= 4 is 23.3 Å². The fourth-order valence-corrected chi connectivity index (χ4v) is 2.75. The first-order chi connectivity index (χ1) is 11.5. The number of nitrogens with zero attached hydrogens (tertiary/aromatic N) is 5. The number of halogens is 1. The van der Waals surface area contributed by atoms with Gasteiger partial charge in [0, 0.05) is 32.3 Å². The van der Waals surface area contributed by atoms with Crippen LogP contribution >= 0.6 is 11.6 Å². The van der Waals surface area contributed by atoms with E-state index in [4.69, 9.17) is 16.3 Å². The molecule has 2 aromatic rings. The number of ether oxygens (including phenoxy) is 1. The van der Waals surface area contributed by atoms with E-state index in [1.54, 1.807) is 20.2 Å². The molecule has 1 aliphatic carbocycles. The first kappa shape index (κ1) is 16.6. The van der Waals surface area contributed by atoms with Crippen LogP contribution in [0.1, 0.15) is 29.2 Å². The highest BCUT2D eigenvalue weighted by molar-refractivity contribution is 6.29. The molecule has 10 heteroatoms. The second kappa shape index (κ2) is 7.10. The molecule has 0 spiro atoms. The molecular formula is C14H18ClN7O2. The Balaban J connectivity index is 1.50. The summed E-state index contributed by atoms with van der Waals surface area (Å²) < 4.78 is 6.47. The molecule has 0 bridgehead atoms. The number of anilines is 1. The third-order valence-electron chi connectivity index (χ3n) is 3.79. The smallest absolute Gasteiger partial charge is 0.271 e. The summed E-state index contributed by atoms with van der Waals surface area (Å²) in [7, 11) is 3.26. The molecule has 0 radical (unpaired) electrons. The van der Waals surface area contributed by atoms with E-state index in [-0.39, 0.29) is 18.0 Å². The Bertz CT molecular complexity index is 730. The lowest BCUT2D eigenvalue weighted by Gasteiger charge is -2.36. The van der Waals surface area contributed by atoms with Crippen molar-refractivity contribution in [1.82, 2.24) is 30.3 Å². The van der Waals surface area contributed by atoms with Gasteiger partial charge in [-0.05, 0) is 12.8 Å². The van der Waals surface area contributed by atoms with Gasteiger partial charge >= 0.3 is 0 Å². The second-order valence-corrected chi connectivity index (χ2v) is 6.04. The van der Waals surface area contributed by atoms with Crippen LogP contribution in [-0.2, 0) is 18.4 Å². The van der Waals surface area contributed by atoms with Crippen molar-refractivity contribution in [2.45, 2.75) is 31.5 Å². The average molecular weight is 352 g/mol. The highest BCUT2D eigenvalue weighted by Gasteiger charge is 2.31. The van der Waals surface area contributed by atoms with Gasteiger partial charge in [0.1, 0.15) is 23.3 Å². The molecule has 1 saturated carbocycles. The number of methoxy groups -OCH3 is 1. The van der Waals surface area contributed by atoms with E-state index in [0.29, 0.717) is 29.1 Å². The minimum Gasteiger partial charge on any atom is -0.377 e. The molecule has 1 fully saturated rings. The van der Waals surface area contributed by atoms with E-state index >= 15 is 0 Å². The molecule has 0 aliphatic heterocycles. The maximum Gasteiger partial charge on any atom is 0.271 e. The normalized spacial score (nSPS) is 19.6. The molecule has 128 valence electrons. The van der Waals surface area contributed by atoms with E-state index in [0.717, 1.165) is 12.8 Å². The number of nitrogens with one attached hydrogen (secondary N) is 2. The predicted octanol–water partition coefficient (Wildman–Crippen LogP) is 0.778. The van der Waals surface area contributed by atoms with Crippen molar-refractivity contribution in [3.05, 3.63) is 28.9 Å². The van der Waals surface area contributed by atoms with Gasteiger partial charge in [-0.25, -0.2) is 14.6 Å². The zero-order chi connectivity index (χ0) is 17.1. The van der Waals surface area contributed by atoms with Crippen molar-refractivity contribution in [3.8, 4) is 0 Å². The fourth-order valence-electron chi connectivity index (χ4n) is 2.55. The zero-order valence-corrected chi connectivity index (χ0v) is 14.1. The lowest BCUT2D eigenvalue weighted by Crippen LogP contribution is -2.50. The van der Waals surface area contributed by atoms with Crippen LogP contribution in [0.25, 0.3) is 0 Å². The fraction of sp³-hybridized carbons (Fsp3) is 0.500. The molecule has 0 aromatic carbocycles. The van der Waals surface area contributed by atoms with Crippen LogP contribution in [0.4, 0.5) is 5.82 Å². The molecule has 2 heterocycles. The van der Waals surface area contributed by atoms with Crippen LogP contribution in [-0.4, -0.2) is 50.1 Å². The molecular weight excluding hydrogens is 334 g/mol. The van der Waals surface area contributed by atoms with Gasteiger partial charge < -0.3 is 15.4 Å². The molecule has 24 heavy (non-hydrogen) atoms. The second-order valence-electron chi connectivity index (χ2n) is 5.65. The summed E-state index contributed by atoms with van der Waals surface area (Å²) in [6, 6.07) is 2.01. The number of hydrogen-bond donors (Lipinski definition) is 2. The Morgan fingerprint density at radius 3 is 2.88 bits per heavy atom. The number of hydrogen-bond acceptors (Lipinski definition) is 7. The quantitative estimate of drug-likeness (QED) is 0.740. The van der Waals surface area contributed by atoms with Crippen molar-refractivity contribution in [2.24, 2.45) is 7.05 Å². The Hall–Kier alpha value is -2.26. The average Bonchev–Trinajstić information content (AvgIpc) is 2.91. The van der Waals surface area contributed by atoms with E-state index in [1.165, 1.54) is 10.9 Å². The highest BCUT2D eigenvalue weighted by atomic mass is 35.5. The standard InChI is InChI=1S/C14H18ClN7O2/c1-22-10(6-16-21-22)14(23)18-9-3-8(4-9)17-12-5-11(15)19-13(20-12)7-24-2/h5-6,8-9H,3-4,7H2,1-2H3,(H,18,23)(H,17,19,20). The predicted molar refractivity (Wildman–Crippen MR) is 86.7 cm³/mol. The van der Waals surface area contributed by atoms with Gasteiger partial charge in [-0.3, -0.25) is 4.79 Å². The van der Waals surface area contributed by atoms with Gasteiger partial charge in [-0.2, -0.15) is 0 Å². The number of amides is 1. The summed E-state index contributed by atoms with van der Waals surface area (Å²) in [4.78, 5) is 20.5. The number of carbonyl (C=O) groups is 1. The summed E-state index contributed by atoms with van der Waals surface area (Å²) in [5.74, 6) is 1.02. The molecule has 3 rings (SSSR count). The van der Waals surface area contributed by atoms with Crippen LogP contribution < -0.4 is 10.6 Å².